The highest BCUT2D eigenvalue weighted by Crippen LogP contribution is 2.45. The molecule has 7 nitrogen and oxygen atoms in total. The van der Waals surface area contributed by atoms with Crippen molar-refractivity contribution in [1.82, 2.24) is 4.57 Å². The zero-order valence-electron chi connectivity index (χ0n) is 17.1. The van der Waals surface area contributed by atoms with Crippen LogP contribution in [0.4, 0.5) is 0 Å². The van der Waals surface area contributed by atoms with Crippen molar-refractivity contribution in [2.45, 2.75) is 63.4 Å². The van der Waals surface area contributed by atoms with Gasteiger partial charge in [0.1, 0.15) is 6.04 Å². The molecule has 0 amide bonds. The van der Waals surface area contributed by atoms with Crippen LogP contribution < -0.4 is 0 Å². The lowest BCUT2D eigenvalue weighted by atomic mass is 10.0. The predicted octanol–water partition coefficient (Wildman–Crippen LogP) is 4.34. The maximum atomic E-state index is 12.3. The highest BCUT2D eigenvalue weighted by molar-refractivity contribution is 7.90. The van der Waals surface area contributed by atoms with Crippen LogP contribution in [-0.2, 0) is 27.6 Å². The van der Waals surface area contributed by atoms with E-state index in [2.05, 4.69) is 9.74 Å². The molecule has 0 saturated carbocycles. The molecule has 1 aliphatic rings. The van der Waals surface area contributed by atoms with Gasteiger partial charge in [0, 0.05) is 35.4 Å². The van der Waals surface area contributed by atoms with Crippen molar-refractivity contribution in [3.63, 3.8) is 0 Å². The van der Waals surface area contributed by atoms with Crippen LogP contribution in [0.5, 0.6) is 0 Å². The predicted molar refractivity (Wildman–Crippen MR) is 112 cm³/mol. The van der Waals surface area contributed by atoms with Gasteiger partial charge in [-0.15, -0.1) is 0 Å². The van der Waals surface area contributed by atoms with Crippen LogP contribution in [0.1, 0.15) is 62.4 Å². The number of sulfone groups is 1. The van der Waals surface area contributed by atoms with Gasteiger partial charge < -0.3 is 9.67 Å². The number of allylic oxidation sites excluding steroid dienone is 2. The molecule has 0 radical (unpaired) electrons. The van der Waals surface area contributed by atoms with E-state index in [0.717, 1.165) is 34.0 Å². The van der Waals surface area contributed by atoms with Gasteiger partial charge in [-0.1, -0.05) is 16.8 Å². The number of carboxylic acid groups (broad SMARTS) is 1. The summed E-state index contributed by atoms with van der Waals surface area (Å²) in [5.41, 5.74) is 4.36. The average molecular weight is 419 g/mol. The van der Waals surface area contributed by atoms with Crippen LogP contribution in [0.25, 0.3) is 10.9 Å². The number of aryl methyl sites for hydroxylation is 1. The van der Waals surface area contributed by atoms with E-state index in [-0.39, 0.29) is 17.2 Å². The first-order chi connectivity index (χ1) is 13.6. The lowest BCUT2D eigenvalue weighted by molar-refractivity contribution is -0.137. The van der Waals surface area contributed by atoms with Crippen LogP contribution in [0.15, 0.2) is 33.9 Å². The zero-order valence-corrected chi connectivity index (χ0v) is 17.9. The molecular formula is C21H26N2O5S. The average Bonchev–Trinajstić information content (AvgIpc) is 3.18. The van der Waals surface area contributed by atoms with Crippen molar-refractivity contribution in [3.05, 3.63) is 45.5 Å². The first kappa shape index (κ1) is 21.2. The van der Waals surface area contributed by atoms with Crippen LogP contribution in [-0.4, -0.2) is 30.3 Å². The molecule has 3 rings (SSSR count). The van der Waals surface area contributed by atoms with Gasteiger partial charge in [0.05, 0.1) is 16.8 Å². The number of hydrogen-bond acceptors (Lipinski definition) is 5. The Morgan fingerprint density at radius 2 is 2.10 bits per heavy atom. The minimum atomic E-state index is -3.49. The largest absolute Gasteiger partial charge is 0.481 e. The smallest absolute Gasteiger partial charge is 0.304 e. The number of nitroso groups, excluding NO2 is 1. The van der Waals surface area contributed by atoms with Crippen molar-refractivity contribution in [1.29, 1.82) is 0 Å². The van der Waals surface area contributed by atoms with E-state index in [4.69, 9.17) is 0 Å². The third-order valence-electron chi connectivity index (χ3n) is 5.80. The molecule has 0 fully saturated rings. The third-order valence-corrected chi connectivity index (χ3v) is 6.89. The SMILES string of the molecule is C/C=C(\C)Cn1c2c(c3cc(S(C)(=O)=O)cc(C(C)N=O)c31)CC[C@@H]2CC(=O)O. The Balaban J connectivity index is 2.43. The summed E-state index contributed by atoms with van der Waals surface area (Å²) in [6, 6.07) is 2.47. The Hall–Kier alpha value is -2.48. The van der Waals surface area contributed by atoms with Gasteiger partial charge in [0.2, 0.25) is 0 Å². The molecule has 0 bridgehead atoms. The summed E-state index contributed by atoms with van der Waals surface area (Å²) in [6.45, 7) is 6.13. The summed E-state index contributed by atoms with van der Waals surface area (Å²) in [4.78, 5) is 23.0. The number of carbonyl (C=O) groups is 1. The molecule has 156 valence electrons. The van der Waals surface area contributed by atoms with Gasteiger partial charge in [0.25, 0.3) is 0 Å². The molecule has 1 aromatic heterocycles. The van der Waals surface area contributed by atoms with E-state index >= 15 is 0 Å². The number of aliphatic carboxylic acids is 1. The quantitative estimate of drug-likeness (QED) is 0.532. The van der Waals surface area contributed by atoms with Crippen molar-refractivity contribution >= 4 is 26.7 Å². The second-order valence-electron chi connectivity index (χ2n) is 7.88. The highest BCUT2D eigenvalue weighted by Gasteiger charge is 2.33. The molecule has 0 aliphatic heterocycles. The summed E-state index contributed by atoms with van der Waals surface area (Å²) in [5, 5.41) is 13.3. The number of fused-ring (bicyclic) bond motifs is 3. The number of hydrogen-bond donors (Lipinski definition) is 1. The first-order valence-electron chi connectivity index (χ1n) is 9.63. The molecule has 0 spiro atoms. The van der Waals surface area contributed by atoms with E-state index in [1.807, 2.05) is 19.9 Å². The summed E-state index contributed by atoms with van der Waals surface area (Å²) in [7, 11) is -3.49. The maximum absolute atomic E-state index is 12.3. The van der Waals surface area contributed by atoms with Gasteiger partial charge in [0.15, 0.2) is 9.84 Å². The van der Waals surface area contributed by atoms with Gasteiger partial charge in [-0.05, 0) is 51.3 Å². The fraction of sp³-hybridized carbons (Fsp3) is 0.476. The zero-order chi connectivity index (χ0) is 21.5. The van der Waals surface area contributed by atoms with Gasteiger partial charge in [-0.3, -0.25) is 4.79 Å². The standard InChI is InChI=1S/C21H26N2O5S/c1-5-12(2)11-23-20-14(8-19(24)25)6-7-16(20)18-10-15(29(4,27)28)9-17(21(18)23)13(3)22-26/h5,9-10,13-14H,6-8,11H2,1-4H3,(H,24,25)/b12-5+/t13?,14-/m1/s1. The molecule has 29 heavy (non-hydrogen) atoms. The van der Waals surface area contributed by atoms with Gasteiger partial charge in [-0.2, -0.15) is 4.91 Å². The van der Waals surface area contributed by atoms with Gasteiger partial charge in [-0.25, -0.2) is 8.42 Å². The topological polar surface area (TPSA) is 106 Å². The fourth-order valence-corrected chi connectivity index (χ4v) is 4.94. The summed E-state index contributed by atoms with van der Waals surface area (Å²) in [5.74, 6) is -1.00. The van der Waals surface area contributed by atoms with Crippen molar-refractivity contribution in [3.8, 4) is 0 Å². The van der Waals surface area contributed by atoms with E-state index < -0.39 is 21.8 Å². The molecule has 2 atom stereocenters. The summed E-state index contributed by atoms with van der Waals surface area (Å²) in [6.07, 6.45) is 4.55. The van der Waals surface area contributed by atoms with Crippen molar-refractivity contribution in [2.24, 2.45) is 5.18 Å². The van der Waals surface area contributed by atoms with Crippen molar-refractivity contribution in [2.75, 3.05) is 6.26 Å². The molecular weight excluding hydrogens is 392 g/mol. The summed E-state index contributed by atoms with van der Waals surface area (Å²) >= 11 is 0. The van der Waals surface area contributed by atoms with E-state index in [0.29, 0.717) is 24.9 Å². The first-order valence-corrected chi connectivity index (χ1v) is 11.5. The number of nitrogens with zero attached hydrogens (tertiary/aromatic N) is 2. The third kappa shape index (κ3) is 3.85. The number of carboxylic acids is 1. The Kier molecular flexibility index (Phi) is 5.67. The van der Waals surface area contributed by atoms with Crippen LogP contribution in [0.2, 0.25) is 0 Å². The molecule has 0 saturated heterocycles. The molecule has 1 heterocycles. The number of aromatic nitrogens is 1. The van der Waals surface area contributed by atoms with Crippen LogP contribution >= 0.6 is 0 Å². The second-order valence-corrected chi connectivity index (χ2v) is 9.90. The lowest BCUT2D eigenvalue weighted by Gasteiger charge is -2.18. The van der Waals surface area contributed by atoms with Gasteiger partial charge >= 0.3 is 5.97 Å². The molecule has 1 aromatic carbocycles. The minimum Gasteiger partial charge on any atom is -0.481 e. The van der Waals surface area contributed by atoms with E-state index in [9.17, 15) is 23.2 Å². The molecule has 8 heteroatoms. The number of benzene rings is 1. The highest BCUT2D eigenvalue weighted by atomic mass is 32.2. The Morgan fingerprint density at radius 3 is 2.66 bits per heavy atom. The van der Waals surface area contributed by atoms with Crippen molar-refractivity contribution < 1.29 is 18.3 Å². The number of rotatable bonds is 7. The second kappa shape index (κ2) is 7.74. The Bertz CT molecular complexity index is 1130. The monoisotopic (exact) mass is 418 g/mol. The lowest BCUT2D eigenvalue weighted by Crippen LogP contribution is -2.12. The maximum Gasteiger partial charge on any atom is 0.304 e. The molecule has 1 N–H and O–H groups in total. The minimum absolute atomic E-state index is 0.0218. The summed E-state index contributed by atoms with van der Waals surface area (Å²) < 4.78 is 26.6. The van der Waals surface area contributed by atoms with E-state index in [1.54, 1.807) is 13.0 Å². The fourth-order valence-electron chi connectivity index (χ4n) is 4.27. The Labute approximate surface area is 170 Å². The Morgan fingerprint density at radius 1 is 1.41 bits per heavy atom. The molecule has 1 aliphatic carbocycles. The normalized spacial score (nSPS) is 18.1. The van der Waals surface area contributed by atoms with E-state index in [1.165, 1.54) is 6.07 Å². The van der Waals surface area contributed by atoms with Crippen LogP contribution in [0, 0.1) is 4.91 Å². The van der Waals surface area contributed by atoms with Crippen LogP contribution in [0.3, 0.4) is 0 Å². The molecule has 1 unspecified atom stereocenters. The molecule has 2 aromatic rings.